The first-order valence-electron chi connectivity index (χ1n) is 8.56. The summed E-state index contributed by atoms with van der Waals surface area (Å²) < 4.78 is 10.5. The van der Waals surface area contributed by atoms with Crippen LogP contribution in [0.3, 0.4) is 0 Å². The standard InChI is InChI=1S/C18H27N3O3/c1-3-19-18(20-11-7-6-10-17(22)23-2)21-13-15-12-14-8-4-5-9-16(14)24-15/h4-5,8-9,15H,3,6-7,10-13H2,1-2H3,(H2,19,20,21). The average molecular weight is 333 g/mol. The predicted octanol–water partition coefficient (Wildman–Crippen LogP) is 1.89. The molecule has 0 saturated heterocycles. The van der Waals surface area contributed by atoms with E-state index < -0.39 is 0 Å². The lowest BCUT2D eigenvalue weighted by molar-refractivity contribution is -0.140. The summed E-state index contributed by atoms with van der Waals surface area (Å²) in [6.45, 7) is 4.23. The molecule has 0 saturated carbocycles. The zero-order valence-electron chi connectivity index (χ0n) is 14.5. The van der Waals surface area contributed by atoms with Gasteiger partial charge in [-0.2, -0.15) is 0 Å². The Morgan fingerprint density at radius 2 is 2.17 bits per heavy atom. The van der Waals surface area contributed by atoms with Crippen molar-refractivity contribution < 1.29 is 14.3 Å². The number of benzene rings is 1. The summed E-state index contributed by atoms with van der Waals surface area (Å²) in [6.07, 6.45) is 3.15. The van der Waals surface area contributed by atoms with Crippen LogP contribution in [0.1, 0.15) is 31.7 Å². The van der Waals surface area contributed by atoms with Crippen LogP contribution in [0.5, 0.6) is 5.75 Å². The predicted molar refractivity (Wildman–Crippen MR) is 94.4 cm³/mol. The number of nitrogens with one attached hydrogen (secondary N) is 2. The van der Waals surface area contributed by atoms with Crippen LogP contribution in [0.25, 0.3) is 0 Å². The van der Waals surface area contributed by atoms with E-state index in [9.17, 15) is 4.79 Å². The fourth-order valence-electron chi connectivity index (χ4n) is 2.59. The average Bonchev–Trinajstić information content (AvgIpc) is 3.01. The van der Waals surface area contributed by atoms with Gasteiger partial charge in [-0.25, -0.2) is 4.99 Å². The second kappa shape index (κ2) is 9.80. The van der Waals surface area contributed by atoms with Gasteiger partial charge in [0.1, 0.15) is 11.9 Å². The van der Waals surface area contributed by atoms with E-state index in [1.165, 1.54) is 12.7 Å². The van der Waals surface area contributed by atoms with Crippen molar-refractivity contribution in [1.29, 1.82) is 0 Å². The number of carbonyl (C=O) groups is 1. The van der Waals surface area contributed by atoms with Gasteiger partial charge in [-0.15, -0.1) is 0 Å². The number of carbonyl (C=O) groups excluding carboxylic acids is 1. The van der Waals surface area contributed by atoms with Crippen molar-refractivity contribution in [2.24, 2.45) is 4.99 Å². The number of para-hydroxylation sites is 1. The Morgan fingerprint density at radius 1 is 1.33 bits per heavy atom. The molecule has 0 fully saturated rings. The summed E-state index contributed by atoms with van der Waals surface area (Å²) >= 11 is 0. The molecule has 24 heavy (non-hydrogen) atoms. The molecule has 1 atom stereocenters. The number of hydrogen-bond acceptors (Lipinski definition) is 4. The largest absolute Gasteiger partial charge is 0.488 e. The number of rotatable bonds is 8. The third-order valence-electron chi connectivity index (χ3n) is 3.84. The molecule has 0 amide bonds. The smallest absolute Gasteiger partial charge is 0.305 e. The van der Waals surface area contributed by atoms with Crippen molar-refractivity contribution in [2.75, 3.05) is 26.7 Å². The number of nitrogens with zero attached hydrogens (tertiary/aromatic N) is 1. The highest BCUT2D eigenvalue weighted by Crippen LogP contribution is 2.28. The number of unbranched alkanes of at least 4 members (excludes halogenated alkanes) is 1. The second-order valence-corrected chi connectivity index (χ2v) is 5.73. The van der Waals surface area contributed by atoms with Crippen LogP contribution in [0.2, 0.25) is 0 Å². The zero-order valence-corrected chi connectivity index (χ0v) is 14.5. The lowest BCUT2D eigenvalue weighted by Crippen LogP contribution is -2.38. The van der Waals surface area contributed by atoms with Gasteiger partial charge in [-0.05, 0) is 31.4 Å². The second-order valence-electron chi connectivity index (χ2n) is 5.73. The molecule has 1 aliphatic heterocycles. The van der Waals surface area contributed by atoms with Crippen molar-refractivity contribution in [3.05, 3.63) is 29.8 Å². The Bertz CT molecular complexity index is 535. The number of aliphatic imine (C=N–C) groups is 1. The summed E-state index contributed by atoms with van der Waals surface area (Å²) in [5.74, 6) is 1.60. The summed E-state index contributed by atoms with van der Waals surface area (Å²) in [5.41, 5.74) is 1.25. The third-order valence-corrected chi connectivity index (χ3v) is 3.84. The van der Waals surface area contributed by atoms with Crippen LogP contribution in [-0.4, -0.2) is 44.8 Å². The lowest BCUT2D eigenvalue weighted by Gasteiger charge is -2.13. The Morgan fingerprint density at radius 3 is 2.92 bits per heavy atom. The molecule has 0 spiro atoms. The molecule has 0 radical (unpaired) electrons. The van der Waals surface area contributed by atoms with Gasteiger partial charge in [0, 0.05) is 25.9 Å². The van der Waals surface area contributed by atoms with Gasteiger partial charge in [0.25, 0.3) is 0 Å². The molecular weight excluding hydrogens is 306 g/mol. The van der Waals surface area contributed by atoms with Crippen LogP contribution < -0.4 is 15.4 Å². The van der Waals surface area contributed by atoms with Gasteiger partial charge in [0.05, 0.1) is 13.7 Å². The molecule has 6 heteroatoms. The van der Waals surface area contributed by atoms with E-state index in [0.29, 0.717) is 13.0 Å². The minimum Gasteiger partial charge on any atom is -0.488 e. The van der Waals surface area contributed by atoms with Crippen molar-refractivity contribution in [3.63, 3.8) is 0 Å². The highest BCUT2D eigenvalue weighted by atomic mass is 16.5. The van der Waals surface area contributed by atoms with Crippen LogP contribution in [0.15, 0.2) is 29.3 Å². The molecule has 0 bridgehead atoms. The maximum absolute atomic E-state index is 11.1. The Kier molecular flexibility index (Phi) is 7.39. The van der Waals surface area contributed by atoms with E-state index in [1.807, 2.05) is 25.1 Å². The van der Waals surface area contributed by atoms with E-state index >= 15 is 0 Å². The quantitative estimate of drug-likeness (QED) is 0.329. The Balaban J connectivity index is 1.72. The zero-order chi connectivity index (χ0) is 17.2. The summed E-state index contributed by atoms with van der Waals surface area (Å²) in [7, 11) is 1.42. The fourth-order valence-corrected chi connectivity index (χ4v) is 2.59. The summed E-state index contributed by atoms with van der Waals surface area (Å²) in [4.78, 5) is 15.7. The number of fused-ring (bicyclic) bond motifs is 1. The van der Waals surface area contributed by atoms with Gasteiger partial charge >= 0.3 is 5.97 Å². The summed E-state index contributed by atoms with van der Waals surface area (Å²) in [5, 5.41) is 6.52. The van der Waals surface area contributed by atoms with E-state index in [0.717, 1.165) is 44.1 Å². The molecule has 6 nitrogen and oxygen atoms in total. The number of methoxy groups -OCH3 is 1. The van der Waals surface area contributed by atoms with Crippen molar-refractivity contribution in [1.82, 2.24) is 10.6 Å². The first-order chi connectivity index (χ1) is 11.7. The highest BCUT2D eigenvalue weighted by Gasteiger charge is 2.21. The van der Waals surface area contributed by atoms with Crippen LogP contribution in [0, 0.1) is 0 Å². The van der Waals surface area contributed by atoms with Gasteiger partial charge in [-0.3, -0.25) is 4.79 Å². The van der Waals surface area contributed by atoms with Gasteiger partial charge < -0.3 is 20.1 Å². The topological polar surface area (TPSA) is 72.0 Å². The number of hydrogen-bond donors (Lipinski definition) is 2. The molecule has 2 N–H and O–H groups in total. The number of ether oxygens (including phenoxy) is 2. The molecule has 132 valence electrons. The normalized spacial score (nSPS) is 16.2. The molecule has 2 rings (SSSR count). The molecular formula is C18H27N3O3. The number of esters is 1. The highest BCUT2D eigenvalue weighted by molar-refractivity contribution is 5.79. The van der Waals surface area contributed by atoms with Crippen molar-refractivity contribution in [3.8, 4) is 5.75 Å². The lowest BCUT2D eigenvalue weighted by atomic mass is 10.1. The summed E-state index contributed by atoms with van der Waals surface area (Å²) in [6, 6.07) is 8.13. The molecule has 0 aliphatic carbocycles. The Labute approximate surface area is 143 Å². The minimum atomic E-state index is -0.159. The maximum Gasteiger partial charge on any atom is 0.305 e. The van der Waals surface area contributed by atoms with E-state index in [-0.39, 0.29) is 12.1 Å². The third kappa shape index (κ3) is 5.76. The van der Waals surface area contributed by atoms with Gasteiger partial charge in [0.15, 0.2) is 5.96 Å². The minimum absolute atomic E-state index is 0.0946. The monoisotopic (exact) mass is 333 g/mol. The fraction of sp³-hybridized carbons (Fsp3) is 0.556. The molecule has 1 aliphatic rings. The van der Waals surface area contributed by atoms with Gasteiger partial charge in [0.2, 0.25) is 0 Å². The molecule has 1 aromatic rings. The first kappa shape index (κ1) is 18.1. The maximum atomic E-state index is 11.1. The van der Waals surface area contributed by atoms with Crippen molar-refractivity contribution in [2.45, 2.75) is 38.7 Å². The first-order valence-corrected chi connectivity index (χ1v) is 8.56. The molecule has 1 heterocycles. The molecule has 0 aromatic heterocycles. The molecule has 1 aromatic carbocycles. The van der Waals surface area contributed by atoms with Crippen LogP contribution in [-0.2, 0) is 16.0 Å². The van der Waals surface area contributed by atoms with Crippen molar-refractivity contribution >= 4 is 11.9 Å². The van der Waals surface area contributed by atoms with Crippen LogP contribution >= 0.6 is 0 Å². The molecule has 1 unspecified atom stereocenters. The van der Waals surface area contributed by atoms with E-state index in [2.05, 4.69) is 26.4 Å². The van der Waals surface area contributed by atoms with E-state index in [4.69, 9.17) is 4.74 Å². The number of guanidine groups is 1. The van der Waals surface area contributed by atoms with Gasteiger partial charge in [-0.1, -0.05) is 18.2 Å². The van der Waals surface area contributed by atoms with E-state index in [1.54, 1.807) is 0 Å². The SMILES string of the molecule is CCNC(=NCC1Cc2ccccc2O1)NCCCCC(=O)OC. The Hall–Kier alpha value is -2.24. The van der Waals surface area contributed by atoms with Crippen LogP contribution in [0.4, 0.5) is 0 Å².